The van der Waals surface area contributed by atoms with Crippen LogP contribution in [0.5, 0.6) is 0 Å². The molecule has 3 aromatic carbocycles. The number of hydrogen-bond donors (Lipinski definition) is 0. The van der Waals surface area contributed by atoms with E-state index in [1.807, 2.05) is 60.7 Å². The molecule has 0 amide bonds. The van der Waals surface area contributed by atoms with Crippen LogP contribution in [-0.2, 0) is 16.2 Å². The van der Waals surface area contributed by atoms with Gasteiger partial charge >= 0.3 is 0 Å². The number of furan rings is 1. The lowest BCUT2D eigenvalue weighted by atomic mass is 9.85. The van der Waals surface area contributed by atoms with Crippen molar-refractivity contribution < 1.29 is 4.42 Å². The normalized spacial score (nSPS) is 12.8. The van der Waals surface area contributed by atoms with E-state index in [4.69, 9.17) is 29.3 Å². The highest BCUT2D eigenvalue weighted by atomic mass is 16.3. The van der Waals surface area contributed by atoms with Crippen LogP contribution in [0.3, 0.4) is 0 Å². The van der Waals surface area contributed by atoms with Crippen molar-refractivity contribution in [3.8, 4) is 34.2 Å². The molecule has 3 heterocycles. The minimum Gasteiger partial charge on any atom is -0.452 e. The molecule has 0 aliphatic rings. The van der Waals surface area contributed by atoms with E-state index in [0.29, 0.717) is 28.6 Å². The zero-order valence-corrected chi connectivity index (χ0v) is 26.6. The predicted molar refractivity (Wildman–Crippen MR) is 175 cm³/mol. The molecule has 6 aromatic rings. The highest BCUT2D eigenvalue weighted by Gasteiger charge is 2.30. The van der Waals surface area contributed by atoms with E-state index in [1.54, 1.807) is 0 Å². The van der Waals surface area contributed by atoms with Crippen LogP contribution < -0.4 is 0 Å². The van der Waals surface area contributed by atoms with Gasteiger partial charge in [0.1, 0.15) is 16.9 Å². The standard InChI is InChI=1S/C37H39N5O/c1-35(2,3)24-20-25-27-29(30(36(4,5)6)39-34(38-27)37(7,8)9)43-28(25)26(21-24)33-41-31(22-16-12-10-13-17-22)40-32(42-33)23-18-14-11-15-19-23/h10-21H,1-9H3. The molecule has 0 saturated heterocycles. The lowest BCUT2D eigenvalue weighted by Gasteiger charge is -2.22. The van der Waals surface area contributed by atoms with Gasteiger partial charge in [0.05, 0.1) is 11.3 Å². The number of hydrogen-bond acceptors (Lipinski definition) is 6. The third-order valence-corrected chi connectivity index (χ3v) is 7.60. The minimum absolute atomic E-state index is 0.142. The number of nitrogens with zero attached hydrogens (tertiary/aromatic N) is 5. The number of aromatic nitrogens is 5. The van der Waals surface area contributed by atoms with E-state index in [1.165, 1.54) is 0 Å². The first kappa shape index (κ1) is 28.7. The molecule has 43 heavy (non-hydrogen) atoms. The summed E-state index contributed by atoms with van der Waals surface area (Å²) < 4.78 is 6.80. The summed E-state index contributed by atoms with van der Waals surface area (Å²) in [7, 11) is 0. The summed E-state index contributed by atoms with van der Waals surface area (Å²) in [6, 6.07) is 24.5. The second-order valence-electron chi connectivity index (χ2n) is 14.4. The molecule has 3 aromatic heterocycles. The molecule has 0 spiro atoms. The second-order valence-corrected chi connectivity index (χ2v) is 14.4. The zero-order valence-electron chi connectivity index (χ0n) is 26.6. The Morgan fingerprint density at radius 3 is 1.53 bits per heavy atom. The molecular formula is C37H39N5O. The van der Waals surface area contributed by atoms with Crippen molar-refractivity contribution in [1.82, 2.24) is 24.9 Å². The first-order valence-electron chi connectivity index (χ1n) is 14.9. The maximum absolute atomic E-state index is 6.80. The smallest absolute Gasteiger partial charge is 0.175 e. The Kier molecular flexibility index (Phi) is 6.72. The van der Waals surface area contributed by atoms with Crippen LogP contribution in [0.25, 0.3) is 56.2 Å². The van der Waals surface area contributed by atoms with Crippen LogP contribution in [0.1, 0.15) is 79.4 Å². The summed E-state index contributed by atoms with van der Waals surface area (Å²) >= 11 is 0. The van der Waals surface area contributed by atoms with E-state index in [2.05, 4.69) is 74.4 Å². The summed E-state index contributed by atoms with van der Waals surface area (Å²) in [6.07, 6.45) is 0. The topological polar surface area (TPSA) is 77.6 Å². The fraction of sp³-hybridized carbons (Fsp3) is 0.324. The predicted octanol–water partition coefficient (Wildman–Crippen LogP) is 9.45. The highest BCUT2D eigenvalue weighted by molar-refractivity contribution is 6.08. The number of fused-ring (bicyclic) bond motifs is 3. The van der Waals surface area contributed by atoms with Gasteiger partial charge in [-0.3, -0.25) is 0 Å². The summed E-state index contributed by atoms with van der Waals surface area (Å²) in [6.45, 7) is 19.6. The lowest BCUT2D eigenvalue weighted by Crippen LogP contribution is -2.21. The van der Waals surface area contributed by atoms with Gasteiger partial charge in [-0.05, 0) is 23.1 Å². The van der Waals surface area contributed by atoms with Crippen LogP contribution in [-0.4, -0.2) is 24.9 Å². The maximum atomic E-state index is 6.80. The van der Waals surface area contributed by atoms with E-state index in [9.17, 15) is 0 Å². The largest absolute Gasteiger partial charge is 0.452 e. The Balaban J connectivity index is 1.74. The van der Waals surface area contributed by atoms with Crippen LogP contribution in [0.4, 0.5) is 0 Å². The van der Waals surface area contributed by atoms with Crippen molar-refractivity contribution in [2.24, 2.45) is 0 Å². The van der Waals surface area contributed by atoms with E-state index in [-0.39, 0.29) is 16.2 Å². The molecule has 0 N–H and O–H groups in total. The average molecular weight is 570 g/mol. The van der Waals surface area contributed by atoms with Crippen LogP contribution >= 0.6 is 0 Å². The van der Waals surface area contributed by atoms with Crippen molar-refractivity contribution in [3.63, 3.8) is 0 Å². The Labute approximate surface area is 253 Å². The monoisotopic (exact) mass is 569 g/mol. The van der Waals surface area contributed by atoms with Gasteiger partial charge in [0.25, 0.3) is 0 Å². The van der Waals surface area contributed by atoms with Crippen molar-refractivity contribution in [1.29, 1.82) is 0 Å². The van der Waals surface area contributed by atoms with Gasteiger partial charge in [-0.1, -0.05) is 123 Å². The lowest BCUT2D eigenvalue weighted by molar-refractivity contribution is 0.510. The molecule has 0 saturated carbocycles. The molecule has 6 nitrogen and oxygen atoms in total. The Bertz CT molecular complexity index is 1900. The molecule has 218 valence electrons. The number of rotatable bonds is 3. The summed E-state index contributed by atoms with van der Waals surface area (Å²) in [5, 5.41) is 0.943. The SMILES string of the molecule is CC(C)(C)c1cc(-c2nc(-c3ccccc3)nc(-c3ccccc3)n2)c2oc3c(C(C)(C)C)nc(C(C)(C)C)nc3c2c1. The van der Waals surface area contributed by atoms with Gasteiger partial charge < -0.3 is 4.42 Å². The molecule has 6 heteroatoms. The van der Waals surface area contributed by atoms with Crippen LogP contribution in [0.2, 0.25) is 0 Å². The minimum atomic E-state index is -0.254. The molecule has 6 rings (SSSR count). The summed E-state index contributed by atoms with van der Waals surface area (Å²) in [5.41, 5.74) is 6.32. The molecule has 0 bridgehead atoms. The first-order chi connectivity index (χ1) is 20.2. The molecule has 0 radical (unpaired) electrons. The fourth-order valence-corrected chi connectivity index (χ4v) is 5.12. The zero-order chi connectivity index (χ0) is 30.7. The molecule has 0 unspecified atom stereocenters. The Hall–Kier alpha value is -4.45. The fourth-order valence-electron chi connectivity index (χ4n) is 5.12. The highest BCUT2D eigenvalue weighted by Crippen LogP contribution is 2.42. The Morgan fingerprint density at radius 2 is 1.05 bits per heavy atom. The quantitative estimate of drug-likeness (QED) is 0.211. The first-order valence-corrected chi connectivity index (χ1v) is 14.9. The maximum Gasteiger partial charge on any atom is 0.175 e. The van der Waals surface area contributed by atoms with Crippen LogP contribution in [0, 0.1) is 0 Å². The van der Waals surface area contributed by atoms with Gasteiger partial charge in [-0.25, -0.2) is 24.9 Å². The van der Waals surface area contributed by atoms with Crippen molar-refractivity contribution in [3.05, 3.63) is 89.9 Å². The van der Waals surface area contributed by atoms with Crippen molar-refractivity contribution in [2.75, 3.05) is 0 Å². The van der Waals surface area contributed by atoms with E-state index >= 15 is 0 Å². The van der Waals surface area contributed by atoms with Gasteiger partial charge in [0, 0.05) is 27.3 Å². The van der Waals surface area contributed by atoms with Gasteiger partial charge in [-0.15, -0.1) is 0 Å². The van der Waals surface area contributed by atoms with Gasteiger partial charge in [0.15, 0.2) is 23.1 Å². The molecule has 0 aliphatic carbocycles. The third-order valence-electron chi connectivity index (χ3n) is 7.60. The second kappa shape index (κ2) is 10.1. The van der Waals surface area contributed by atoms with Crippen molar-refractivity contribution >= 4 is 22.1 Å². The van der Waals surface area contributed by atoms with E-state index in [0.717, 1.165) is 44.7 Å². The molecular weight excluding hydrogens is 530 g/mol. The summed E-state index contributed by atoms with van der Waals surface area (Å²) in [4.78, 5) is 25.2. The molecule has 0 fully saturated rings. The third kappa shape index (κ3) is 5.42. The van der Waals surface area contributed by atoms with Crippen molar-refractivity contribution in [2.45, 2.75) is 78.6 Å². The average Bonchev–Trinajstić information content (AvgIpc) is 3.34. The van der Waals surface area contributed by atoms with Gasteiger partial charge in [0.2, 0.25) is 0 Å². The van der Waals surface area contributed by atoms with Crippen LogP contribution in [0.15, 0.2) is 77.2 Å². The van der Waals surface area contributed by atoms with E-state index < -0.39 is 0 Å². The van der Waals surface area contributed by atoms with Gasteiger partial charge in [-0.2, -0.15) is 0 Å². The summed E-state index contributed by atoms with van der Waals surface area (Å²) in [5.74, 6) is 2.58. The Morgan fingerprint density at radius 1 is 0.512 bits per heavy atom. The molecule has 0 atom stereocenters. The number of benzene rings is 3. The molecule has 0 aliphatic heterocycles.